The molecule has 102 valence electrons. The molecule has 3 rings (SSSR count). The Morgan fingerprint density at radius 1 is 1.16 bits per heavy atom. The van der Waals surface area contributed by atoms with Crippen molar-refractivity contribution in [2.24, 2.45) is 5.73 Å². The van der Waals surface area contributed by atoms with Crippen LogP contribution in [-0.2, 0) is 0 Å². The standard InChI is InChI=1S/C15H19ClN2S/c16-12-6-4-11(5-7-12)14-13(10-17)15(18-19-14)8-2-1-3-9-15/h4-7,18H,1-3,8-10,17H2. The van der Waals surface area contributed by atoms with Gasteiger partial charge in [-0.2, -0.15) is 0 Å². The van der Waals surface area contributed by atoms with E-state index < -0.39 is 0 Å². The maximum atomic E-state index is 6.06. The van der Waals surface area contributed by atoms with Crippen molar-refractivity contribution in [1.82, 2.24) is 4.72 Å². The number of halogens is 1. The lowest BCUT2D eigenvalue weighted by Crippen LogP contribution is -2.43. The summed E-state index contributed by atoms with van der Waals surface area (Å²) in [6.07, 6.45) is 6.37. The average molecular weight is 295 g/mol. The number of hydrogen-bond acceptors (Lipinski definition) is 3. The quantitative estimate of drug-likeness (QED) is 0.811. The number of rotatable bonds is 2. The van der Waals surface area contributed by atoms with Crippen LogP contribution in [0.1, 0.15) is 37.7 Å². The molecule has 0 bridgehead atoms. The van der Waals surface area contributed by atoms with Crippen molar-refractivity contribution in [2.45, 2.75) is 37.6 Å². The Hall–Kier alpha value is -0.480. The number of benzene rings is 1. The van der Waals surface area contributed by atoms with Crippen LogP contribution in [0.2, 0.25) is 5.02 Å². The van der Waals surface area contributed by atoms with Gasteiger partial charge in [-0.25, -0.2) is 4.72 Å². The summed E-state index contributed by atoms with van der Waals surface area (Å²) in [6, 6.07) is 8.07. The van der Waals surface area contributed by atoms with Crippen LogP contribution in [0.5, 0.6) is 0 Å². The molecule has 19 heavy (non-hydrogen) atoms. The zero-order chi connectivity index (χ0) is 13.3. The van der Waals surface area contributed by atoms with Crippen molar-refractivity contribution in [2.75, 3.05) is 6.54 Å². The normalized spacial score (nSPS) is 22.2. The highest BCUT2D eigenvalue weighted by atomic mass is 35.5. The Kier molecular flexibility index (Phi) is 3.90. The van der Waals surface area contributed by atoms with E-state index in [4.69, 9.17) is 17.3 Å². The average Bonchev–Trinajstić information content (AvgIpc) is 2.78. The largest absolute Gasteiger partial charge is 0.327 e. The summed E-state index contributed by atoms with van der Waals surface area (Å²) < 4.78 is 3.67. The van der Waals surface area contributed by atoms with Gasteiger partial charge in [0.2, 0.25) is 0 Å². The van der Waals surface area contributed by atoms with Crippen LogP contribution in [-0.4, -0.2) is 12.1 Å². The predicted octanol–water partition coefficient (Wildman–Crippen LogP) is 3.96. The molecule has 3 N–H and O–H groups in total. The van der Waals surface area contributed by atoms with E-state index in [1.165, 1.54) is 48.1 Å². The van der Waals surface area contributed by atoms with Crippen molar-refractivity contribution >= 4 is 28.5 Å². The van der Waals surface area contributed by atoms with Gasteiger partial charge in [0.1, 0.15) is 0 Å². The van der Waals surface area contributed by atoms with E-state index in [0.29, 0.717) is 6.54 Å². The van der Waals surface area contributed by atoms with Crippen LogP contribution < -0.4 is 10.5 Å². The lowest BCUT2D eigenvalue weighted by molar-refractivity contribution is 0.324. The number of nitrogens with two attached hydrogens (primary N) is 1. The molecule has 1 spiro atoms. The molecule has 1 fully saturated rings. The summed E-state index contributed by atoms with van der Waals surface area (Å²) in [5, 5.41) is 0.780. The Balaban J connectivity index is 1.99. The van der Waals surface area contributed by atoms with Gasteiger partial charge in [0.25, 0.3) is 0 Å². The first-order chi connectivity index (χ1) is 9.25. The zero-order valence-corrected chi connectivity index (χ0v) is 12.5. The van der Waals surface area contributed by atoms with Gasteiger partial charge in [-0.1, -0.05) is 43.0 Å². The predicted molar refractivity (Wildman–Crippen MR) is 84.0 cm³/mol. The van der Waals surface area contributed by atoms with E-state index in [1.54, 1.807) is 11.9 Å². The van der Waals surface area contributed by atoms with Gasteiger partial charge >= 0.3 is 0 Å². The van der Waals surface area contributed by atoms with Crippen molar-refractivity contribution in [3.8, 4) is 0 Å². The molecule has 0 unspecified atom stereocenters. The van der Waals surface area contributed by atoms with Gasteiger partial charge < -0.3 is 5.73 Å². The minimum absolute atomic E-state index is 0.145. The van der Waals surface area contributed by atoms with E-state index in [1.807, 2.05) is 12.1 Å². The van der Waals surface area contributed by atoms with Gasteiger partial charge in [-0.3, -0.25) is 0 Å². The maximum absolute atomic E-state index is 6.06. The first-order valence-electron chi connectivity index (χ1n) is 6.89. The summed E-state index contributed by atoms with van der Waals surface area (Å²) in [6.45, 7) is 0.637. The van der Waals surface area contributed by atoms with Gasteiger partial charge in [-0.15, -0.1) is 0 Å². The fourth-order valence-corrected chi connectivity index (χ4v) is 4.58. The molecule has 1 aromatic rings. The monoisotopic (exact) mass is 294 g/mol. The molecule has 1 aliphatic heterocycles. The Morgan fingerprint density at radius 2 is 1.84 bits per heavy atom. The first kappa shape index (κ1) is 13.5. The highest BCUT2D eigenvalue weighted by molar-refractivity contribution is 8.07. The number of hydrogen-bond donors (Lipinski definition) is 2. The molecule has 4 heteroatoms. The second-order valence-electron chi connectivity index (χ2n) is 5.37. The topological polar surface area (TPSA) is 38.0 Å². The molecule has 0 saturated heterocycles. The third kappa shape index (κ3) is 2.45. The molecule has 0 atom stereocenters. The fourth-order valence-electron chi connectivity index (χ4n) is 3.17. The summed E-state index contributed by atoms with van der Waals surface area (Å²) in [5.74, 6) is 0. The zero-order valence-electron chi connectivity index (χ0n) is 10.9. The Morgan fingerprint density at radius 3 is 2.47 bits per heavy atom. The van der Waals surface area contributed by atoms with E-state index >= 15 is 0 Å². The molecule has 1 aromatic carbocycles. The number of nitrogens with one attached hydrogen (secondary N) is 1. The van der Waals surface area contributed by atoms with Crippen LogP contribution in [0.4, 0.5) is 0 Å². The molecule has 0 amide bonds. The van der Waals surface area contributed by atoms with Crippen LogP contribution in [0.3, 0.4) is 0 Å². The third-order valence-electron chi connectivity index (χ3n) is 4.22. The first-order valence-corrected chi connectivity index (χ1v) is 8.08. The molecule has 0 aromatic heterocycles. The molecule has 1 aliphatic carbocycles. The molecular formula is C15H19ClN2S. The second-order valence-corrected chi connectivity index (χ2v) is 6.62. The van der Waals surface area contributed by atoms with Crippen molar-refractivity contribution in [3.05, 3.63) is 40.4 Å². The van der Waals surface area contributed by atoms with Gasteiger partial charge in [0, 0.05) is 16.5 Å². The smallest absolute Gasteiger partial charge is 0.0521 e. The van der Waals surface area contributed by atoms with Gasteiger partial charge in [0.05, 0.1) is 5.54 Å². The van der Waals surface area contributed by atoms with E-state index in [-0.39, 0.29) is 5.54 Å². The fraction of sp³-hybridized carbons (Fsp3) is 0.467. The van der Waals surface area contributed by atoms with Gasteiger partial charge in [-0.05, 0) is 48.1 Å². The summed E-state index contributed by atoms with van der Waals surface area (Å²) >= 11 is 7.71. The van der Waals surface area contributed by atoms with Crippen LogP contribution in [0, 0.1) is 0 Å². The summed E-state index contributed by atoms with van der Waals surface area (Å²) in [7, 11) is 0. The lowest BCUT2D eigenvalue weighted by atomic mass is 9.76. The van der Waals surface area contributed by atoms with Crippen LogP contribution in [0.25, 0.3) is 4.91 Å². The Labute approximate surface area is 123 Å². The van der Waals surface area contributed by atoms with Crippen molar-refractivity contribution in [3.63, 3.8) is 0 Å². The molecule has 2 aliphatic rings. The maximum Gasteiger partial charge on any atom is 0.0521 e. The SMILES string of the molecule is NCC1=C(c2ccc(Cl)cc2)SNC12CCCCC2. The van der Waals surface area contributed by atoms with E-state index in [2.05, 4.69) is 16.9 Å². The van der Waals surface area contributed by atoms with Crippen molar-refractivity contribution < 1.29 is 0 Å². The molecule has 1 saturated carbocycles. The summed E-state index contributed by atoms with van der Waals surface area (Å²) in [4.78, 5) is 1.31. The van der Waals surface area contributed by atoms with Crippen LogP contribution in [0.15, 0.2) is 29.8 Å². The summed E-state index contributed by atoms with van der Waals surface area (Å²) in [5.41, 5.74) is 8.82. The van der Waals surface area contributed by atoms with Gasteiger partial charge in [0.15, 0.2) is 0 Å². The molecule has 0 radical (unpaired) electrons. The van der Waals surface area contributed by atoms with E-state index in [9.17, 15) is 0 Å². The third-order valence-corrected chi connectivity index (χ3v) is 5.65. The van der Waals surface area contributed by atoms with E-state index in [0.717, 1.165) is 5.02 Å². The molecular weight excluding hydrogens is 276 g/mol. The minimum atomic E-state index is 0.145. The van der Waals surface area contributed by atoms with Crippen LogP contribution >= 0.6 is 23.5 Å². The highest BCUT2D eigenvalue weighted by Crippen LogP contribution is 2.47. The highest BCUT2D eigenvalue weighted by Gasteiger charge is 2.41. The minimum Gasteiger partial charge on any atom is -0.327 e. The molecule has 2 nitrogen and oxygen atoms in total. The van der Waals surface area contributed by atoms with Crippen molar-refractivity contribution in [1.29, 1.82) is 0 Å². The second kappa shape index (κ2) is 5.49. The molecule has 1 heterocycles. The Bertz CT molecular complexity index is 489. The lowest BCUT2D eigenvalue weighted by Gasteiger charge is -2.35.